The Morgan fingerprint density at radius 3 is 2.38 bits per heavy atom. The summed E-state index contributed by atoms with van der Waals surface area (Å²) in [5.74, 6) is 0.175. The molecule has 5 heteroatoms. The van der Waals surface area contributed by atoms with Crippen molar-refractivity contribution in [2.75, 3.05) is 0 Å². The maximum absolute atomic E-state index is 9.20. The van der Waals surface area contributed by atoms with E-state index in [1.54, 1.807) is 6.92 Å². The molecule has 2 aromatic rings. The van der Waals surface area contributed by atoms with Crippen LogP contribution >= 0.6 is 11.6 Å². The predicted molar refractivity (Wildman–Crippen MR) is 98.4 cm³/mol. The predicted octanol–water partition coefficient (Wildman–Crippen LogP) is 5.46. The van der Waals surface area contributed by atoms with Gasteiger partial charge in [-0.1, -0.05) is 72.8 Å². The quantitative estimate of drug-likeness (QED) is 0.724. The van der Waals surface area contributed by atoms with Crippen LogP contribution in [0, 0.1) is 0 Å². The number of aliphatic hydroxyl groups excluding tert-OH is 1. The Kier molecular flexibility index (Phi) is 6.70. The summed E-state index contributed by atoms with van der Waals surface area (Å²) < 4.78 is 5.38. The first-order chi connectivity index (χ1) is 11.6. The number of rotatable bonds is 4. The van der Waals surface area contributed by atoms with E-state index in [-0.39, 0.29) is 11.6 Å². The van der Waals surface area contributed by atoms with Gasteiger partial charge in [0.05, 0.1) is 5.69 Å². The highest BCUT2D eigenvalue weighted by Crippen LogP contribution is 2.33. The zero-order chi connectivity index (χ0) is 17.4. The number of hydrogen-bond donors (Lipinski definition) is 2. The fourth-order valence-electron chi connectivity index (χ4n) is 1.96. The third-order valence-electron chi connectivity index (χ3n) is 3.38. The minimum absolute atomic E-state index is 0.0738. The van der Waals surface area contributed by atoms with Gasteiger partial charge in [-0.15, -0.1) is 5.10 Å². The number of nitrogens with one attached hydrogen (secondary N) is 1. The molecule has 0 saturated heterocycles. The van der Waals surface area contributed by atoms with E-state index in [1.807, 2.05) is 30.3 Å². The molecule has 1 heterocycles. The lowest BCUT2D eigenvalue weighted by Gasteiger charge is -2.10. The molecule has 1 aliphatic rings. The van der Waals surface area contributed by atoms with Crippen LogP contribution in [0.25, 0.3) is 11.3 Å². The van der Waals surface area contributed by atoms with Crippen molar-refractivity contribution in [3.05, 3.63) is 72.0 Å². The molecule has 4 nitrogen and oxygen atoms in total. The van der Waals surface area contributed by atoms with Gasteiger partial charge in [0.15, 0.2) is 6.10 Å². The Labute approximate surface area is 147 Å². The number of benzene rings is 1. The average Bonchev–Trinajstić information content (AvgIpc) is 2.98. The highest BCUT2D eigenvalue weighted by atomic mass is 35.5. The molecule has 126 valence electrons. The summed E-state index contributed by atoms with van der Waals surface area (Å²) in [5, 5.41) is 16.4. The lowest BCUT2D eigenvalue weighted by atomic mass is 10.1. The van der Waals surface area contributed by atoms with Crippen molar-refractivity contribution in [1.29, 1.82) is 0 Å². The van der Waals surface area contributed by atoms with Gasteiger partial charge in [0.2, 0.25) is 0 Å². The van der Waals surface area contributed by atoms with Crippen LogP contribution in [0.4, 0.5) is 0 Å². The van der Waals surface area contributed by atoms with Crippen LogP contribution in [0.5, 0.6) is 5.88 Å². The molecule has 2 N–H and O–H groups in total. The zero-order valence-corrected chi connectivity index (χ0v) is 14.3. The fraction of sp³-hybridized carbons (Fsp3) is 0.211. The Morgan fingerprint density at radius 1 is 1.25 bits per heavy atom. The molecule has 0 saturated carbocycles. The normalized spacial score (nSPS) is 13.8. The van der Waals surface area contributed by atoms with Crippen LogP contribution in [0.2, 0.25) is 5.02 Å². The number of H-pyrrole nitrogens is 1. The molecule has 1 atom stereocenters. The standard InChI is InChI=1S/C13H13ClN2O2.C6H8/c1-8(17)9(2)18-13-11(14)12(15-16-13)10-6-4-3-5-7-10;1-2-4-6-5-3-1/h3-7,9,17H,1H2,2H3,(H,15,16);1-4H,5-6H2. The molecule has 0 radical (unpaired) electrons. The number of aromatic amines is 1. The Balaban J connectivity index is 0.000000292. The summed E-state index contributed by atoms with van der Waals surface area (Å²) in [6, 6.07) is 9.56. The van der Waals surface area contributed by atoms with E-state index in [2.05, 4.69) is 41.1 Å². The SMILES string of the molecule is C1=CCCC=C1.C=C(O)C(C)Oc1n[nH]c(-c2ccccc2)c1Cl. The average molecular weight is 345 g/mol. The highest BCUT2D eigenvalue weighted by Gasteiger charge is 2.17. The third-order valence-corrected chi connectivity index (χ3v) is 3.73. The lowest BCUT2D eigenvalue weighted by molar-refractivity contribution is 0.186. The fourth-order valence-corrected chi connectivity index (χ4v) is 2.20. The monoisotopic (exact) mass is 344 g/mol. The molecular formula is C19H21ClN2O2. The first-order valence-corrected chi connectivity index (χ1v) is 8.12. The molecular weight excluding hydrogens is 324 g/mol. The molecule has 1 aliphatic carbocycles. The smallest absolute Gasteiger partial charge is 0.252 e. The van der Waals surface area contributed by atoms with Crippen molar-refractivity contribution in [3.63, 3.8) is 0 Å². The lowest BCUT2D eigenvalue weighted by Crippen LogP contribution is -2.14. The maximum atomic E-state index is 9.20. The van der Waals surface area contributed by atoms with E-state index in [4.69, 9.17) is 16.3 Å². The largest absolute Gasteiger partial charge is 0.509 e. The molecule has 1 aromatic heterocycles. The second-order valence-electron chi connectivity index (χ2n) is 5.27. The molecule has 0 amide bonds. The first-order valence-electron chi connectivity index (χ1n) is 7.75. The number of nitrogens with zero attached hydrogens (tertiary/aromatic N) is 1. The summed E-state index contributed by atoms with van der Waals surface area (Å²) in [6.45, 7) is 5.06. The molecule has 1 unspecified atom stereocenters. The minimum atomic E-state index is -0.561. The second kappa shape index (κ2) is 8.99. The van der Waals surface area contributed by atoms with E-state index in [1.165, 1.54) is 12.8 Å². The Morgan fingerprint density at radius 2 is 1.88 bits per heavy atom. The number of aromatic nitrogens is 2. The van der Waals surface area contributed by atoms with E-state index in [0.717, 1.165) is 5.56 Å². The van der Waals surface area contributed by atoms with Crippen LogP contribution in [-0.2, 0) is 0 Å². The topological polar surface area (TPSA) is 58.1 Å². The third kappa shape index (κ3) is 5.03. The van der Waals surface area contributed by atoms with Crippen molar-refractivity contribution in [2.24, 2.45) is 0 Å². The van der Waals surface area contributed by atoms with Gasteiger partial charge in [0, 0.05) is 5.56 Å². The van der Waals surface area contributed by atoms with Crippen LogP contribution in [0.15, 0.2) is 67.0 Å². The summed E-state index contributed by atoms with van der Waals surface area (Å²) in [5.41, 5.74) is 1.60. The van der Waals surface area contributed by atoms with E-state index in [0.29, 0.717) is 10.7 Å². The molecule has 1 aromatic carbocycles. The van der Waals surface area contributed by atoms with Gasteiger partial charge in [-0.05, 0) is 19.8 Å². The molecule has 0 aliphatic heterocycles. The molecule has 0 bridgehead atoms. The van der Waals surface area contributed by atoms with Gasteiger partial charge in [-0.3, -0.25) is 5.10 Å². The van der Waals surface area contributed by atoms with Gasteiger partial charge in [-0.25, -0.2) is 0 Å². The van der Waals surface area contributed by atoms with Crippen molar-refractivity contribution in [1.82, 2.24) is 10.2 Å². The van der Waals surface area contributed by atoms with Gasteiger partial charge >= 0.3 is 0 Å². The van der Waals surface area contributed by atoms with Gasteiger partial charge < -0.3 is 9.84 Å². The van der Waals surface area contributed by atoms with E-state index >= 15 is 0 Å². The molecule has 0 fully saturated rings. The van der Waals surface area contributed by atoms with Crippen LogP contribution in [0.1, 0.15) is 19.8 Å². The first kappa shape index (κ1) is 17.9. The highest BCUT2D eigenvalue weighted by molar-refractivity contribution is 6.34. The molecule has 3 rings (SSSR count). The van der Waals surface area contributed by atoms with Crippen LogP contribution in [0.3, 0.4) is 0 Å². The number of allylic oxidation sites excluding steroid dienone is 4. The Bertz CT molecular complexity index is 708. The van der Waals surface area contributed by atoms with E-state index in [9.17, 15) is 5.11 Å². The van der Waals surface area contributed by atoms with Crippen molar-refractivity contribution < 1.29 is 9.84 Å². The number of aliphatic hydroxyl groups is 1. The van der Waals surface area contributed by atoms with Crippen LogP contribution < -0.4 is 4.74 Å². The summed E-state index contributed by atoms with van der Waals surface area (Å²) in [6.07, 6.45) is 10.4. The van der Waals surface area contributed by atoms with Crippen molar-refractivity contribution in [2.45, 2.75) is 25.9 Å². The second-order valence-corrected chi connectivity index (χ2v) is 5.65. The summed E-state index contributed by atoms with van der Waals surface area (Å²) >= 11 is 6.18. The number of halogens is 1. The number of ether oxygens (including phenoxy) is 1. The molecule has 0 spiro atoms. The molecule has 24 heavy (non-hydrogen) atoms. The van der Waals surface area contributed by atoms with Gasteiger partial charge in [-0.2, -0.15) is 0 Å². The Hall–Kier alpha value is -2.46. The minimum Gasteiger partial charge on any atom is -0.509 e. The number of hydrogen-bond acceptors (Lipinski definition) is 3. The van der Waals surface area contributed by atoms with Crippen molar-refractivity contribution in [3.8, 4) is 17.1 Å². The van der Waals surface area contributed by atoms with Crippen LogP contribution in [-0.4, -0.2) is 21.4 Å². The van der Waals surface area contributed by atoms with Crippen molar-refractivity contribution >= 4 is 11.6 Å². The zero-order valence-electron chi connectivity index (χ0n) is 13.6. The van der Waals surface area contributed by atoms with E-state index < -0.39 is 6.10 Å². The summed E-state index contributed by atoms with van der Waals surface area (Å²) in [7, 11) is 0. The maximum Gasteiger partial charge on any atom is 0.252 e. The summed E-state index contributed by atoms with van der Waals surface area (Å²) in [4.78, 5) is 0. The van der Waals surface area contributed by atoms with Gasteiger partial charge in [0.25, 0.3) is 5.88 Å². The van der Waals surface area contributed by atoms with Gasteiger partial charge in [0.1, 0.15) is 10.8 Å².